The molecular formula is C14H13ClN2O3S. The lowest BCUT2D eigenvalue weighted by molar-refractivity contribution is -0.135. The van der Waals surface area contributed by atoms with E-state index in [4.69, 9.17) is 16.7 Å². The third-order valence-corrected chi connectivity index (χ3v) is 3.68. The Kier molecular flexibility index (Phi) is 5.19. The van der Waals surface area contributed by atoms with E-state index in [0.717, 1.165) is 10.5 Å². The second-order valence-corrected chi connectivity index (χ2v) is 5.46. The van der Waals surface area contributed by atoms with Gasteiger partial charge in [0.25, 0.3) is 0 Å². The van der Waals surface area contributed by atoms with Crippen molar-refractivity contribution in [1.29, 1.82) is 0 Å². The maximum Gasteiger partial charge on any atom is 0.323 e. The summed E-state index contributed by atoms with van der Waals surface area (Å²) in [5.41, 5.74) is 1.45. The fourth-order valence-corrected chi connectivity index (χ4v) is 2.50. The molecule has 0 bridgehead atoms. The van der Waals surface area contributed by atoms with Gasteiger partial charge in [0.2, 0.25) is 0 Å². The molecule has 1 aromatic carbocycles. The Bertz CT molecular complexity index is 614. The second kappa shape index (κ2) is 7.10. The fraction of sp³-hybridized carbons (Fsp3) is 0.143. The third-order valence-electron chi connectivity index (χ3n) is 2.70. The van der Waals surface area contributed by atoms with Gasteiger partial charge in [-0.15, -0.1) is 0 Å². The Morgan fingerprint density at radius 2 is 1.95 bits per heavy atom. The molecule has 0 saturated heterocycles. The van der Waals surface area contributed by atoms with Gasteiger partial charge in [-0.1, -0.05) is 11.6 Å². The van der Waals surface area contributed by atoms with E-state index in [0.29, 0.717) is 17.3 Å². The molecule has 0 aliphatic rings. The zero-order valence-corrected chi connectivity index (χ0v) is 12.5. The summed E-state index contributed by atoms with van der Waals surface area (Å²) >= 11 is 7.33. The monoisotopic (exact) mass is 324 g/mol. The van der Waals surface area contributed by atoms with E-state index in [1.165, 1.54) is 11.3 Å². The Morgan fingerprint density at radius 3 is 2.52 bits per heavy atom. The second-order valence-electron chi connectivity index (χ2n) is 4.25. The summed E-state index contributed by atoms with van der Waals surface area (Å²) in [4.78, 5) is 24.3. The van der Waals surface area contributed by atoms with Crippen LogP contribution in [0.15, 0.2) is 41.1 Å². The Labute approximate surface area is 130 Å². The number of hydrogen-bond donors (Lipinski definition) is 2. The van der Waals surface area contributed by atoms with Gasteiger partial charge in [0.05, 0.1) is 0 Å². The Hall–Kier alpha value is -2.05. The molecule has 0 aliphatic carbocycles. The summed E-state index contributed by atoms with van der Waals surface area (Å²) in [6.45, 7) is -0.0663. The number of urea groups is 1. The van der Waals surface area contributed by atoms with Gasteiger partial charge < -0.3 is 10.4 Å². The SMILES string of the molecule is O=C(O)CN(C(=O)NCc1ccsc1)c1ccc(Cl)cc1. The molecule has 21 heavy (non-hydrogen) atoms. The number of rotatable bonds is 5. The van der Waals surface area contributed by atoms with Crippen LogP contribution in [0, 0.1) is 0 Å². The normalized spacial score (nSPS) is 10.1. The van der Waals surface area contributed by atoms with Gasteiger partial charge in [-0.05, 0) is 46.7 Å². The molecule has 2 rings (SSSR count). The highest BCUT2D eigenvalue weighted by molar-refractivity contribution is 7.07. The Morgan fingerprint density at radius 1 is 1.24 bits per heavy atom. The molecule has 2 N–H and O–H groups in total. The van der Waals surface area contributed by atoms with Crippen LogP contribution in [-0.4, -0.2) is 23.7 Å². The molecule has 1 heterocycles. The van der Waals surface area contributed by atoms with E-state index in [2.05, 4.69) is 5.32 Å². The van der Waals surface area contributed by atoms with Gasteiger partial charge in [0.15, 0.2) is 0 Å². The number of nitrogens with zero attached hydrogens (tertiary/aromatic N) is 1. The molecule has 0 unspecified atom stereocenters. The topological polar surface area (TPSA) is 69.6 Å². The van der Waals surface area contributed by atoms with Crippen LogP contribution in [-0.2, 0) is 11.3 Å². The molecule has 0 spiro atoms. The summed E-state index contributed by atoms with van der Waals surface area (Å²) in [7, 11) is 0. The van der Waals surface area contributed by atoms with E-state index in [1.54, 1.807) is 24.3 Å². The first-order chi connectivity index (χ1) is 10.1. The molecule has 0 radical (unpaired) electrons. The molecule has 0 saturated carbocycles. The summed E-state index contributed by atoms with van der Waals surface area (Å²) in [5.74, 6) is -1.09. The van der Waals surface area contributed by atoms with Gasteiger partial charge in [-0.3, -0.25) is 9.69 Å². The van der Waals surface area contributed by atoms with Crippen LogP contribution < -0.4 is 10.2 Å². The van der Waals surface area contributed by atoms with Crippen molar-refractivity contribution in [2.45, 2.75) is 6.54 Å². The molecule has 7 heteroatoms. The summed E-state index contributed by atoms with van der Waals surface area (Å²) < 4.78 is 0. The highest BCUT2D eigenvalue weighted by atomic mass is 35.5. The van der Waals surface area contributed by atoms with Crippen molar-refractivity contribution in [3.63, 3.8) is 0 Å². The lowest BCUT2D eigenvalue weighted by Crippen LogP contribution is -2.42. The molecule has 0 atom stereocenters. The number of halogens is 1. The van der Waals surface area contributed by atoms with Crippen LogP contribution in [0.3, 0.4) is 0 Å². The highest BCUT2D eigenvalue weighted by Crippen LogP contribution is 2.18. The van der Waals surface area contributed by atoms with E-state index < -0.39 is 18.5 Å². The third kappa shape index (κ3) is 4.47. The molecule has 2 amide bonds. The number of carboxylic acid groups (broad SMARTS) is 1. The minimum atomic E-state index is -1.09. The highest BCUT2D eigenvalue weighted by Gasteiger charge is 2.18. The molecule has 5 nitrogen and oxygen atoms in total. The number of aliphatic carboxylic acids is 1. The maximum atomic E-state index is 12.2. The van der Waals surface area contributed by atoms with E-state index >= 15 is 0 Å². The van der Waals surface area contributed by atoms with Gasteiger partial charge in [-0.2, -0.15) is 11.3 Å². The lowest BCUT2D eigenvalue weighted by Gasteiger charge is -2.21. The summed E-state index contributed by atoms with van der Waals surface area (Å²) in [6.07, 6.45) is 0. The number of nitrogens with one attached hydrogen (secondary N) is 1. The fourth-order valence-electron chi connectivity index (χ4n) is 1.70. The smallest absolute Gasteiger partial charge is 0.323 e. The average molecular weight is 325 g/mol. The average Bonchev–Trinajstić information content (AvgIpc) is 2.96. The van der Waals surface area contributed by atoms with Crippen molar-refractivity contribution in [1.82, 2.24) is 5.32 Å². The van der Waals surface area contributed by atoms with Crippen molar-refractivity contribution in [2.75, 3.05) is 11.4 Å². The van der Waals surface area contributed by atoms with Gasteiger partial charge in [0.1, 0.15) is 6.54 Å². The standard InChI is InChI=1S/C14H13ClN2O3S/c15-11-1-3-12(4-2-11)17(8-13(18)19)14(20)16-7-10-5-6-21-9-10/h1-6,9H,7-8H2,(H,16,20)(H,18,19). The van der Waals surface area contributed by atoms with Crippen LogP contribution >= 0.6 is 22.9 Å². The van der Waals surface area contributed by atoms with Crippen LogP contribution in [0.25, 0.3) is 0 Å². The van der Waals surface area contributed by atoms with Crippen molar-refractivity contribution in [2.24, 2.45) is 0 Å². The van der Waals surface area contributed by atoms with Crippen LogP contribution in [0.1, 0.15) is 5.56 Å². The first-order valence-electron chi connectivity index (χ1n) is 6.10. The summed E-state index contributed by atoms with van der Waals surface area (Å²) in [6, 6.07) is 7.86. The number of amides is 2. The number of benzene rings is 1. The molecular weight excluding hydrogens is 312 g/mol. The molecule has 110 valence electrons. The summed E-state index contributed by atoms with van der Waals surface area (Å²) in [5, 5.41) is 16.0. The minimum Gasteiger partial charge on any atom is -0.480 e. The van der Waals surface area contributed by atoms with Crippen LogP contribution in [0.4, 0.5) is 10.5 Å². The van der Waals surface area contributed by atoms with E-state index in [1.807, 2.05) is 16.8 Å². The van der Waals surface area contributed by atoms with Crippen LogP contribution in [0.5, 0.6) is 0 Å². The number of carbonyl (C=O) groups is 2. The molecule has 0 fully saturated rings. The van der Waals surface area contributed by atoms with Crippen molar-refractivity contribution in [3.05, 3.63) is 51.7 Å². The number of thiophene rings is 1. The number of carboxylic acids is 1. The van der Waals surface area contributed by atoms with Gasteiger partial charge in [0, 0.05) is 17.3 Å². The Balaban J connectivity index is 2.09. The molecule has 2 aromatic rings. The number of anilines is 1. The van der Waals surface area contributed by atoms with Crippen molar-refractivity contribution < 1.29 is 14.7 Å². The van der Waals surface area contributed by atoms with E-state index in [-0.39, 0.29) is 0 Å². The van der Waals surface area contributed by atoms with Crippen LogP contribution in [0.2, 0.25) is 5.02 Å². The quantitative estimate of drug-likeness (QED) is 0.887. The zero-order valence-electron chi connectivity index (χ0n) is 11.0. The molecule has 0 aliphatic heterocycles. The first-order valence-corrected chi connectivity index (χ1v) is 7.42. The largest absolute Gasteiger partial charge is 0.480 e. The lowest BCUT2D eigenvalue weighted by atomic mass is 10.3. The van der Waals surface area contributed by atoms with Gasteiger partial charge >= 0.3 is 12.0 Å². The number of hydrogen-bond acceptors (Lipinski definition) is 3. The first kappa shape index (κ1) is 15.3. The maximum absolute atomic E-state index is 12.2. The predicted molar refractivity (Wildman–Crippen MR) is 83.0 cm³/mol. The molecule has 1 aromatic heterocycles. The van der Waals surface area contributed by atoms with Crippen molar-refractivity contribution >= 4 is 40.6 Å². The predicted octanol–water partition coefficient (Wildman–Crippen LogP) is 3.20. The number of carbonyl (C=O) groups excluding carboxylic acids is 1. The zero-order chi connectivity index (χ0) is 15.2. The minimum absolute atomic E-state index is 0.353. The van der Waals surface area contributed by atoms with Crippen molar-refractivity contribution in [3.8, 4) is 0 Å². The van der Waals surface area contributed by atoms with Gasteiger partial charge in [-0.25, -0.2) is 4.79 Å². The van der Waals surface area contributed by atoms with E-state index in [9.17, 15) is 9.59 Å².